The minimum atomic E-state index is -0.0915. The monoisotopic (exact) mass is 413 g/mol. The molecule has 0 saturated heterocycles. The second-order valence-electron chi connectivity index (χ2n) is 8.08. The van der Waals surface area contributed by atoms with Gasteiger partial charge in [0, 0.05) is 25.2 Å². The minimum absolute atomic E-state index is 0.00661. The molecule has 1 aliphatic carbocycles. The predicted octanol–water partition coefficient (Wildman–Crippen LogP) is 3.17. The Kier molecular flexibility index (Phi) is 6.14. The van der Waals surface area contributed by atoms with Crippen LogP contribution in [0.15, 0.2) is 72.8 Å². The molecule has 3 aromatic rings. The Morgan fingerprint density at radius 3 is 2.26 bits per heavy atom. The first kappa shape index (κ1) is 20.8. The molecule has 0 aromatic heterocycles. The van der Waals surface area contributed by atoms with Crippen molar-refractivity contribution < 1.29 is 9.59 Å². The average molecular weight is 414 g/mol. The number of nitrogens with zero attached hydrogens (tertiary/aromatic N) is 1. The van der Waals surface area contributed by atoms with Crippen molar-refractivity contribution in [3.05, 3.63) is 95.1 Å². The first-order chi connectivity index (χ1) is 15.0. The third-order valence-corrected chi connectivity index (χ3v) is 5.81. The lowest BCUT2D eigenvalue weighted by atomic mass is 10.0. The van der Waals surface area contributed by atoms with Crippen LogP contribution in [-0.2, 0) is 24.2 Å². The SMILES string of the molecule is CN(Cc1cccc(-c2ccc(C(=O)NC3Cc4ccccc4C3)cc2)c1)C(=O)CN. The second kappa shape index (κ2) is 9.14. The molecule has 4 rings (SSSR count). The van der Waals surface area contributed by atoms with Gasteiger partial charge in [0.1, 0.15) is 0 Å². The summed E-state index contributed by atoms with van der Waals surface area (Å²) in [7, 11) is 1.75. The molecule has 3 aromatic carbocycles. The summed E-state index contributed by atoms with van der Waals surface area (Å²) >= 11 is 0. The quantitative estimate of drug-likeness (QED) is 0.652. The smallest absolute Gasteiger partial charge is 0.251 e. The number of fused-ring (bicyclic) bond motifs is 1. The van der Waals surface area contributed by atoms with E-state index in [0.29, 0.717) is 12.1 Å². The molecule has 1 aliphatic rings. The molecule has 0 aliphatic heterocycles. The van der Waals surface area contributed by atoms with Gasteiger partial charge in [-0.15, -0.1) is 0 Å². The van der Waals surface area contributed by atoms with Crippen LogP contribution in [0.5, 0.6) is 0 Å². The van der Waals surface area contributed by atoms with Gasteiger partial charge in [0.15, 0.2) is 0 Å². The van der Waals surface area contributed by atoms with Crippen LogP contribution in [-0.4, -0.2) is 36.3 Å². The lowest BCUT2D eigenvalue weighted by Crippen LogP contribution is -2.35. The average Bonchev–Trinajstić information content (AvgIpc) is 3.21. The van der Waals surface area contributed by atoms with Crippen LogP contribution >= 0.6 is 0 Å². The molecular formula is C26H27N3O2. The highest BCUT2D eigenvalue weighted by Gasteiger charge is 2.22. The maximum Gasteiger partial charge on any atom is 0.251 e. The maximum absolute atomic E-state index is 12.7. The van der Waals surface area contributed by atoms with Crippen LogP contribution in [0.3, 0.4) is 0 Å². The minimum Gasteiger partial charge on any atom is -0.349 e. The fraction of sp³-hybridized carbons (Fsp3) is 0.231. The molecule has 3 N–H and O–H groups in total. The topological polar surface area (TPSA) is 75.4 Å². The van der Waals surface area contributed by atoms with Crippen molar-refractivity contribution in [3.63, 3.8) is 0 Å². The van der Waals surface area contributed by atoms with Crippen molar-refractivity contribution in [2.45, 2.75) is 25.4 Å². The molecule has 0 spiro atoms. The molecule has 0 fully saturated rings. The zero-order valence-corrected chi connectivity index (χ0v) is 17.7. The third kappa shape index (κ3) is 4.84. The predicted molar refractivity (Wildman–Crippen MR) is 123 cm³/mol. The van der Waals surface area contributed by atoms with Crippen molar-refractivity contribution in [2.24, 2.45) is 5.73 Å². The van der Waals surface area contributed by atoms with Gasteiger partial charge in [-0.25, -0.2) is 0 Å². The molecule has 158 valence electrons. The molecule has 0 radical (unpaired) electrons. The first-order valence-electron chi connectivity index (χ1n) is 10.5. The lowest BCUT2D eigenvalue weighted by molar-refractivity contribution is -0.128. The number of benzene rings is 3. The van der Waals surface area contributed by atoms with Crippen molar-refractivity contribution in [2.75, 3.05) is 13.6 Å². The summed E-state index contributed by atoms with van der Waals surface area (Å²) in [5.41, 5.74) is 11.8. The van der Waals surface area contributed by atoms with Crippen LogP contribution < -0.4 is 11.1 Å². The van der Waals surface area contributed by atoms with E-state index in [0.717, 1.165) is 29.5 Å². The van der Waals surface area contributed by atoms with Crippen LogP contribution in [0.1, 0.15) is 27.0 Å². The highest BCUT2D eigenvalue weighted by atomic mass is 16.2. The van der Waals surface area contributed by atoms with Gasteiger partial charge in [-0.3, -0.25) is 9.59 Å². The molecule has 5 nitrogen and oxygen atoms in total. The van der Waals surface area contributed by atoms with E-state index in [9.17, 15) is 9.59 Å². The molecule has 0 bridgehead atoms. The van der Waals surface area contributed by atoms with E-state index < -0.39 is 0 Å². The largest absolute Gasteiger partial charge is 0.349 e. The number of nitrogens with two attached hydrogens (primary N) is 1. The lowest BCUT2D eigenvalue weighted by Gasteiger charge is -2.17. The molecule has 0 saturated carbocycles. The highest BCUT2D eigenvalue weighted by molar-refractivity contribution is 5.95. The van der Waals surface area contributed by atoms with Crippen molar-refractivity contribution >= 4 is 11.8 Å². The molecule has 0 heterocycles. The van der Waals surface area contributed by atoms with Gasteiger partial charge < -0.3 is 16.0 Å². The summed E-state index contributed by atoms with van der Waals surface area (Å²) in [5, 5.41) is 3.16. The summed E-state index contributed by atoms with van der Waals surface area (Å²) in [4.78, 5) is 26.1. The standard InChI is InChI=1S/C26H27N3O2/c1-29(25(30)16-27)17-18-5-4-8-21(13-18)19-9-11-20(12-10-19)26(31)28-24-14-22-6-2-3-7-23(22)15-24/h2-13,24H,14-17,27H2,1H3,(H,28,31). The van der Waals surface area contributed by atoms with E-state index in [2.05, 4.69) is 23.5 Å². The third-order valence-electron chi connectivity index (χ3n) is 5.81. The van der Waals surface area contributed by atoms with E-state index in [1.54, 1.807) is 11.9 Å². The zero-order valence-electron chi connectivity index (χ0n) is 17.7. The van der Waals surface area contributed by atoms with Crippen molar-refractivity contribution in [3.8, 4) is 11.1 Å². The van der Waals surface area contributed by atoms with E-state index >= 15 is 0 Å². The molecule has 2 amide bonds. The van der Waals surface area contributed by atoms with E-state index in [4.69, 9.17) is 5.73 Å². The summed E-state index contributed by atoms with van der Waals surface area (Å²) < 4.78 is 0. The van der Waals surface area contributed by atoms with E-state index in [1.165, 1.54) is 11.1 Å². The van der Waals surface area contributed by atoms with Crippen molar-refractivity contribution in [1.29, 1.82) is 0 Å². The van der Waals surface area contributed by atoms with Gasteiger partial charge >= 0.3 is 0 Å². The normalized spacial score (nSPS) is 13.0. The van der Waals surface area contributed by atoms with Gasteiger partial charge in [-0.2, -0.15) is 0 Å². The Hall–Kier alpha value is -3.44. The van der Waals surface area contributed by atoms with Gasteiger partial charge in [0.2, 0.25) is 5.91 Å². The number of nitrogens with one attached hydrogen (secondary N) is 1. The summed E-state index contributed by atoms with van der Waals surface area (Å²) in [5.74, 6) is -0.133. The number of hydrogen-bond donors (Lipinski definition) is 2. The van der Waals surface area contributed by atoms with E-state index in [1.807, 2.05) is 54.6 Å². The van der Waals surface area contributed by atoms with Gasteiger partial charge in [0.05, 0.1) is 6.54 Å². The van der Waals surface area contributed by atoms with Gasteiger partial charge in [-0.05, 0) is 58.9 Å². The summed E-state index contributed by atoms with van der Waals surface area (Å²) in [6, 6.07) is 24.2. The first-order valence-corrected chi connectivity index (χ1v) is 10.5. The molecule has 31 heavy (non-hydrogen) atoms. The number of rotatable bonds is 6. The Morgan fingerprint density at radius 1 is 0.935 bits per heavy atom. The number of likely N-dealkylation sites (N-methyl/N-ethyl adjacent to an activating group) is 1. The second-order valence-corrected chi connectivity index (χ2v) is 8.08. The van der Waals surface area contributed by atoms with Crippen LogP contribution in [0.2, 0.25) is 0 Å². The number of hydrogen-bond acceptors (Lipinski definition) is 3. The fourth-order valence-electron chi connectivity index (χ4n) is 4.11. The molecule has 0 atom stereocenters. The number of carbonyl (C=O) groups excluding carboxylic acids is 2. The molecule has 5 heteroatoms. The Morgan fingerprint density at radius 2 is 1.61 bits per heavy atom. The maximum atomic E-state index is 12.7. The zero-order chi connectivity index (χ0) is 21.8. The Bertz CT molecular complexity index is 1070. The highest BCUT2D eigenvalue weighted by Crippen LogP contribution is 2.23. The Labute approximate surface area is 182 Å². The van der Waals surface area contributed by atoms with Crippen LogP contribution in [0.4, 0.5) is 0 Å². The number of amides is 2. The number of carbonyl (C=O) groups is 2. The van der Waals surface area contributed by atoms with Crippen LogP contribution in [0.25, 0.3) is 11.1 Å². The van der Waals surface area contributed by atoms with Crippen molar-refractivity contribution in [1.82, 2.24) is 10.2 Å². The molecule has 0 unspecified atom stereocenters. The van der Waals surface area contributed by atoms with E-state index in [-0.39, 0.29) is 24.4 Å². The Balaban J connectivity index is 1.41. The van der Waals surface area contributed by atoms with Gasteiger partial charge in [0.25, 0.3) is 5.91 Å². The van der Waals surface area contributed by atoms with Crippen LogP contribution in [0, 0.1) is 0 Å². The molecular weight excluding hydrogens is 386 g/mol. The summed E-state index contributed by atoms with van der Waals surface area (Å²) in [6.45, 7) is 0.515. The summed E-state index contributed by atoms with van der Waals surface area (Å²) in [6.07, 6.45) is 1.77. The fourth-order valence-corrected chi connectivity index (χ4v) is 4.11. The van der Waals surface area contributed by atoms with Gasteiger partial charge in [-0.1, -0.05) is 54.6 Å².